The minimum atomic E-state index is -3.83. The fourth-order valence-corrected chi connectivity index (χ4v) is 2.45. The number of aromatic nitrogens is 3. The number of hydrogen-bond donors (Lipinski definition) is 1. The quantitative estimate of drug-likeness (QED) is 0.874. The van der Waals surface area contributed by atoms with Gasteiger partial charge in [-0.3, -0.25) is 0 Å². The SMILES string of the molecule is CCn1c(Cc2ccccc2)nnc1S(N)(=O)=O. The number of primary sulfonamides is 1. The molecule has 0 bridgehead atoms. The summed E-state index contributed by atoms with van der Waals surface area (Å²) in [5, 5.41) is 12.5. The van der Waals surface area contributed by atoms with Crippen molar-refractivity contribution in [1.29, 1.82) is 0 Å². The third-order valence-corrected chi connectivity index (χ3v) is 3.38. The molecule has 96 valence electrons. The summed E-state index contributed by atoms with van der Waals surface area (Å²) in [5.41, 5.74) is 1.04. The van der Waals surface area contributed by atoms with Crippen LogP contribution in [0.3, 0.4) is 0 Å². The van der Waals surface area contributed by atoms with Crippen molar-refractivity contribution in [2.24, 2.45) is 5.14 Å². The van der Waals surface area contributed by atoms with Crippen LogP contribution in [0.1, 0.15) is 18.3 Å². The van der Waals surface area contributed by atoms with Crippen LogP contribution in [0.2, 0.25) is 0 Å². The Labute approximate surface area is 106 Å². The number of nitrogens with zero attached hydrogens (tertiary/aromatic N) is 3. The number of hydrogen-bond acceptors (Lipinski definition) is 4. The third kappa shape index (κ3) is 2.57. The maximum absolute atomic E-state index is 11.3. The zero-order valence-corrected chi connectivity index (χ0v) is 10.8. The van der Waals surface area contributed by atoms with Gasteiger partial charge in [0.15, 0.2) is 0 Å². The highest BCUT2D eigenvalue weighted by atomic mass is 32.2. The Morgan fingerprint density at radius 1 is 1.22 bits per heavy atom. The summed E-state index contributed by atoms with van der Waals surface area (Å²) in [4.78, 5) is 0. The van der Waals surface area contributed by atoms with Crippen molar-refractivity contribution in [2.75, 3.05) is 0 Å². The highest BCUT2D eigenvalue weighted by Crippen LogP contribution is 2.11. The van der Waals surface area contributed by atoms with Gasteiger partial charge in [0.25, 0.3) is 15.2 Å². The molecule has 0 radical (unpaired) electrons. The lowest BCUT2D eigenvalue weighted by atomic mass is 10.1. The van der Waals surface area contributed by atoms with Gasteiger partial charge >= 0.3 is 0 Å². The summed E-state index contributed by atoms with van der Waals surface area (Å²) in [7, 11) is -3.83. The molecule has 6 nitrogen and oxygen atoms in total. The summed E-state index contributed by atoms with van der Waals surface area (Å²) in [5.74, 6) is 0.590. The summed E-state index contributed by atoms with van der Waals surface area (Å²) in [6.07, 6.45) is 0.525. The Balaban J connectivity index is 2.39. The zero-order valence-electron chi connectivity index (χ0n) is 9.94. The molecule has 0 aliphatic rings. The van der Waals surface area contributed by atoms with Gasteiger partial charge in [-0.2, -0.15) is 0 Å². The number of nitrogens with two attached hydrogens (primary N) is 1. The highest BCUT2D eigenvalue weighted by molar-refractivity contribution is 7.89. The van der Waals surface area contributed by atoms with E-state index < -0.39 is 10.0 Å². The second-order valence-corrected chi connectivity index (χ2v) is 5.31. The average molecular weight is 266 g/mol. The minimum Gasteiger partial charge on any atom is -0.301 e. The van der Waals surface area contributed by atoms with Crippen LogP contribution in [0.25, 0.3) is 0 Å². The lowest BCUT2D eigenvalue weighted by Crippen LogP contribution is -2.19. The van der Waals surface area contributed by atoms with E-state index in [0.717, 1.165) is 5.56 Å². The normalized spacial score (nSPS) is 11.7. The van der Waals surface area contributed by atoms with E-state index in [1.807, 2.05) is 37.3 Å². The molecule has 7 heteroatoms. The van der Waals surface area contributed by atoms with Gasteiger partial charge in [-0.15, -0.1) is 10.2 Å². The molecule has 0 saturated carbocycles. The molecule has 2 aromatic rings. The highest BCUT2D eigenvalue weighted by Gasteiger charge is 2.19. The zero-order chi connectivity index (χ0) is 13.2. The van der Waals surface area contributed by atoms with Crippen molar-refractivity contribution in [3.05, 3.63) is 41.7 Å². The van der Waals surface area contributed by atoms with Crippen LogP contribution in [-0.4, -0.2) is 23.2 Å². The Hall–Kier alpha value is -1.73. The maximum Gasteiger partial charge on any atom is 0.273 e. The Morgan fingerprint density at radius 3 is 2.44 bits per heavy atom. The van der Waals surface area contributed by atoms with Crippen LogP contribution in [0.4, 0.5) is 0 Å². The van der Waals surface area contributed by atoms with Crippen LogP contribution in [0.15, 0.2) is 35.5 Å². The van der Waals surface area contributed by atoms with Crippen molar-refractivity contribution < 1.29 is 8.42 Å². The lowest BCUT2D eigenvalue weighted by molar-refractivity contribution is 0.565. The molecule has 0 atom stereocenters. The summed E-state index contributed by atoms with van der Waals surface area (Å²) in [6.45, 7) is 2.29. The monoisotopic (exact) mass is 266 g/mol. The Kier molecular flexibility index (Phi) is 3.44. The number of benzene rings is 1. The van der Waals surface area contributed by atoms with Crippen molar-refractivity contribution in [1.82, 2.24) is 14.8 Å². The van der Waals surface area contributed by atoms with Crippen molar-refractivity contribution in [2.45, 2.75) is 25.0 Å². The molecule has 0 saturated heterocycles. The van der Waals surface area contributed by atoms with Gasteiger partial charge in [-0.05, 0) is 12.5 Å². The molecule has 1 aromatic heterocycles. The first-order valence-corrected chi connectivity index (χ1v) is 7.06. The van der Waals surface area contributed by atoms with Crippen LogP contribution in [0, 0.1) is 0 Å². The van der Waals surface area contributed by atoms with Gasteiger partial charge in [0, 0.05) is 13.0 Å². The van der Waals surface area contributed by atoms with E-state index in [-0.39, 0.29) is 5.16 Å². The van der Waals surface area contributed by atoms with Crippen LogP contribution < -0.4 is 5.14 Å². The van der Waals surface area contributed by atoms with Crippen molar-refractivity contribution >= 4 is 10.0 Å². The average Bonchev–Trinajstić information content (AvgIpc) is 2.73. The fourth-order valence-electron chi connectivity index (χ4n) is 1.76. The molecule has 18 heavy (non-hydrogen) atoms. The predicted molar refractivity (Wildman–Crippen MR) is 66.3 cm³/mol. The molecule has 1 aromatic carbocycles. The first-order chi connectivity index (χ1) is 8.52. The van der Waals surface area contributed by atoms with Crippen LogP contribution in [0.5, 0.6) is 0 Å². The molecule has 0 spiro atoms. The fraction of sp³-hybridized carbons (Fsp3) is 0.273. The first-order valence-electron chi connectivity index (χ1n) is 5.51. The lowest BCUT2D eigenvalue weighted by Gasteiger charge is -2.05. The van der Waals surface area contributed by atoms with E-state index in [4.69, 9.17) is 5.14 Å². The molecule has 1 heterocycles. The molecular formula is C11H14N4O2S. The van der Waals surface area contributed by atoms with E-state index in [9.17, 15) is 8.42 Å². The summed E-state index contributed by atoms with van der Waals surface area (Å²) < 4.78 is 24.2. The predicted octanol–water partition coefficient (Wildman–Crippen LogP) is 0.536. The topological polar surface area (TPSA) is 90.9 Å². The molecule has 2 N–H and O–H groups in total. The van der Waals surface area contributed by atoms with E-state index in [1.165, 1.54) is 4.57 Å². The first kappa shape index (κ1) is 12.7. The number of rotatable bonds is 4. The van der Waals surface area contributed by atoms with Gasteiger partial charge in [0.05, 0.1) is 0 Å². The van der Waals surface area contributed by atoms with Crippen LogP contribution >= 0.6 is 0 Å². The molecular weight excluding hydrogens is 252 g/mol. The molecule has 0 unspecified atom stereocenters. The smallest absolute Gasteiger partial charge is 0.273 e. The molecule has 0 aliphatic heterocycles. The van der Waals surface area contributed by atoms with E-state index in [1.54, 1.807) is 0 Å². The second kappa shape index (κ2) is 4.87. The molecule has 0 amide bonds. The van der Waals surface area contributed by atoms with Gasteiger partial charge in [0.2, 0.25) is 0 Å². The van der Waals surface area contributed by atoms with Crippen molar-refractivity contribution in [3.8, 4) is 0 Å². The van der Waals surface area contributed by atoms with E-state index in [0.29, 0.717) is 18.8 Å². The Morgan fingerprint density at radius 2 is 1.89 bits per heavy atom. The second-order valence-electron chi connectivity index (χ2n) is 3.85. The molecule has 2 rings (SSSR count). The molecule has 0 fully saturated rings. The van der Waals surface area contributed by atoms with Gasteiger partial charge in [-0.25, -0.2) is 13.6 Å². The van der Waals surface area contributed by atoms with Gasteiger partial charge in [0.1, 0.15) is 5.82 Å². The van der Waals surface area contributed by atoms with E-state index in [2.05, 4.69) is 10.2 Å². The number of sulfonamides is 1. The van der Waals surface area contributed by atoms with E-state index >= 15 is 0 Å². The maximum atomic E-state index is 11.3. The summed E-state index contributed by atoms with van der Waals surface area (Å²) in [6, 6.07) is 9.66. The summed E-state index contributed by atoms with van der Waals surface area (Å²) >= 11 is 0. The van der Waals surface area contributed by atoms with Crippen molar-refractivity contribution in [3.63, 3.8) is 0 Å². The third-order valence-electron chi connectivity index (χ3n) is 2.57. The molecule has 0 aliphatic carbocycles. The minimum absolute atomic E-state index is 0.184. The Bertz CT molecular complexity index is 634. The standard InChI is InChI=1S/C11H14N4O2S/c1-2-15-10(8-9-6-4-3-5-7-9)13-14-11(15)18(12,16)17/h3-7H,2,8H2,1H3,(H2,12,16,17). The van der Waals surface area contributed by atoms with Gasteiger partial charge in [-0.1, -0.05) is 30.3 Å². The van der Waals surface area contributed by atoms with Crippen LogP contribution in [-0.2, 0) is 23.0 Å². The largest absolute Gasteiger partial charge is 0.301 e. The van der Waals surface area contributed by atoms with Gasteiger partial charge < -0.3 is 4.57 Å².